The number of furan rings is 1. The first kappa shape index (κ1) is 18.5. The lowest BCUT2D eigenvalue weighted by molar-refractivity contribution is 0.0657. The summed E-state index contributed by atoms with van der Waals surface area (Å²) in [5.41, 5.74) is 0. The molecule has 3 rings (SSSR count). The van der Waals surface area contributed by atoms with Gasteiger partial charge in [0.25, 0.3) is 0 Å². The molecule has 1 N–H and O–H groups in total. The summed E-state index contributed by atoms with van der Waals surface area (Å²) in [6, 6.07) is 5.81. The third-order valence-electron chi connectivity index (χ3n) is 4.10. The zero-order valence-corrected chi connectivity index (χ0v) is 14.4. The minimum Gasteiger partial charge on any atom is -0.475 e. The van der Waals surface area contributed by atoms with Crippen molar-refractivity contribution in [2.75, 3.05) is 26.2 Å². The van der Waals surface area contributed by atoms with E-state index < -0.39 is 32.5 Å². The van der Waals surface area contributed by atoms with Crippen LogP contribution in [0.4, 0.5) is 8.78 Å². The summed E-state index contributed by atoms with van der Waals surface area (Å²) in [6.07, 6.45) is 0. The van der Waals surface area contributed by atoms with Crippen molar-refractivity contribution < 1.29 is 31.5 Å². The topological polar surface area (TPSA) is 91.1 Å². The smallest absolute Gasteiger partial charge is 0.371 e. The van der Waals surface area contributed by atoms with Gasteiger partial charge in [-0.3, -0.25) is 4.90 Å². The van der Waals surface area contributed by atoms with Gasteiger partial charge in [-0.25, -0.2) is 22.0 Å². The number of piperazine rings is 1. The molecular formula is C16H16F2N2O5S. The van der Waals surface area contributed by atoms with Crippen LogP contribution in [0.1, 0.15) is 16.3 Å². The van der Waals surface area contributed by atoms with Crippen molar-refractivity contribution in [1.29, 1.82) is 0 Å². The van der Waals surface area contributed by atoms with Gasteiger partial charge in [0.1, 0.15) is 17.4 Å². The van der Waals surface area contributed by atoms with E-state index in [-0.39, 0.29) is 18.8 Å². The van der Waals surface area contributed by atoms with Crippen molar-refractivity contribution in [3.8, 4) is 0 Å². The normalized spacial score (nSPS) is 16.7. The number of hydrogen-bond donors (Lipinski definition) is 1. The fraction of sp³-hybridized carbons (Fsp3) is 0.312. The highest BCUT2D eigenvalue weighted by atomic mass is 32.2. The Bertz CT molecular complexity index is 900. The Labute approximate surface area is 148 Å². The molecule has 2 aromatic rings. The first-order valence-corrected chi connectivity index (χ1v) is 9.21. The van der Waals surface area contributed by atoms with Crippen molar-refractivity contribution in [1.82, 2.24) is 9.21 Å². The number of sulfonamides is 1. The van der Waals surface area contributed by atoms with Crippen molar-refractivity contribution >= 4 is 16.0 Å². The monoisotopic (exact) mass is 386 g/mol. The van der Waals surface area contributed by atoms with E-state index in [4.69, 9.17) is 9.52 Å². The van der Waals surface area contributed by atoms with Gasteiger partial charge in [-0.2, -0.15) is 4.31 Å². The standard InChI is InChI=1S/C16H16F2N2O5S/c17-12-2-1-3-13(18)15(12)26(23,24)20-8-6-19(7-9-20)10-11-4-5-14(25-11)16(21)22/h1-5H,6-10H2,(H,21,22). The summed E-state index contributed by atoms with van der Waals surface area (Å²) in [6.45, 7) is 1.07. The SMILES string of the molecule is O=C(O)c1ccc(CN2CCN(S(=O)(=O)c3c(F)cccc3F)CC2)o1. The van der Waals surface area contributed by atoms with Crippen LogP contribution in [0, 0.1) is 11.6 Å². The molecule has 0 spiro atoms. The highest BCUT2D eigenvalue weighted by Crippen LogP contribution is 2.24. The average molecular weight is 386 g/mol. The van der Waals surface area contributed by atoms with E-state index in [1.807, 2.05) is 4.90 Å². The Morgan fingerprint density at radius 3 is 2.23 bits per heavy atom. The summed E-state index contributed by atoms with van der Waals surface area (Å²) < 4.78 is 58.9. The molecule has 1 aliphatic heterocycles. The Morgan fingerprint density at radius 2 is 1.69 bits per heavy atom. The molecular weight excluding hydrogens is 370 g/mol. The Kier molecular flexibility index (Phi) is 5.08. The van der Waals surface area contributed by atoms with Crippen LogP contribution in [0.2, 0.25) is 0 Å². The van der Waals surface area contributed by atoms with Gasteiger partial charge in [-0.15, -0.1) is 0 Å². The molecule has 140 valence electrons. The lowest BCUT2D eigenvalue weighted by atomic mass is 10.3. The van der Waals surface area contributed by atoms with Gasteiger partial charge in [0, 0.05) is 26.2 Å². The molecule has 1 fully saturated rings. The highest BCUT2D eigenvalue weighted by Gasteiger charge is 2.33. The van der Waals surface area contributed by atoms with Gasteiger partial charge in [0.15, 0.2) is 4.90 Å². The molecule has 1 saturated heterocycles. The third kappa shape index (κ3) is 3.62. The second kappa shape index (κ2) is 7.14. The molecule has 2 heterocycles. The van der Waals surface area contributed by atoms with Crippen LogP contribution in [-0.2, 0) is 16.6 Å². The highest BCUT2D eigenvalue weighted by molar-refractivity contribution is 7.89. The third-order valence-corrected chi connectivity index (χ3v) is 6.05. The number of carboxylic acid groups (broad SMARTS) is 1. The summed E-state index contributed by atoms with van der Waals surface area (Å²) in [5, 5.41) is 8.84. The van der Waals surface area contributed by atoms with Crippen molar-refractivity contribution in [2.45, 2.75) is 11.4 Å². The largest absolute Gasteiger partial charge is 0.475 e. The fourth-order valence-corrected chi connectivity index (χ4v) is 4.32. The van der Waals surface area contributed by atoms with E-state index in [0.717, 1.165) is 22.5 Å². The summed E-state index contributed by atoms with van der Waals surface area (Å²) >= 11 is 0. The van der Waals surface area contributed by atoms with Gasteiger partial charge in [-0.1, -0.05) is 6.07 Å². The summed E-state index contributed by atoms with van der Waals surface area (Å²) in [7, 11) is -4.27. The minimum absolute atomic E-state index is 0.0581. The zero-order chi connectivity index (χ0) is 18.9. The van der Waals surface area contributed by atoms with E-state index in [1.54, 1.807) is 6.07 Å². The molecule has 0 radical (unpaired) electrons. The van der Waals surface area contributed by atoms with E-state index in [1.165, 1.54) is 6.07 Å². The van der Waals surface area contributed by atoms with Gasteiger partial charge in [-0.05, 0) is 24.3 Å². The van der Waals surface area contributed by atoms with Crippen LogP contribution in [-0.4, -0.2) is 54.9 Å². The van der Waals surface area contributed by atoms with Gasteiger partial charge in [0.2, 0.25) is 15.8 Å². The lowest BCUT2D eigenvalue weighted by Gasteiger charge is -2.33. The van der Waals surface area contributed by atoms with Crippen LogP contribution in [0.3, 0.4) is 0 Å². The number of rotatable bonds is 5. The molecule has 0 saturated carbocycles. The number of hydrogen-bond acceptors (Lipinski definition) is 5. The second-order valence-corrected chi connectivity index (χ2v) is 7.68. The molecule has 1 aliphatic rings. The van der Waals surface area contributed by atoms with E-state index in [2.05, 4.69) is 0 Å². The maximum atomic E-state index is 13.8. The van der Waals surface area contributed by atoms with Crippen molar-refractivity contribution in [3.63, 3.8) is 0 Å². The van der Waals surface area contributed by atoms with Gasteiger partial charge >= 0.3 is 5.97 Å². The molecule has 10 heteroatoms. The predicted octanol–water partition coefficient (Wildman–Crippen LogP) is 1.76. The number of benzene rings is 1. The molecule has 1 aromatic carbocycles. The Balaban J connectivity index is 1.67. The number of halogens is 2. The second-order valence-electron chi connectivity index (χ2n) is 5.80. The molecule has 0 aliphatic carbocycles. The fourth-order valence-electron chi connectivity index (χ4n) is 2.78. The van der Waals surface area contributed by atoms with Crippen LogP contribution in [0.15, 0.2) is 39.6 Å². The predicted molar refractivity (Wildman–Crippen MR) is 86.1 cm³/mol. The van der Waals surface area contributed by atoms with Crippen molar-refractivity contribution in [2.24, 2.45) is 0 Å². The average Bonchev–Trinajstić information content (AvgIpc) is 3.04. The lowest BCUT2D eigenvalue weighted by Crippen LogP contribution is -2.48. The summed E-state index contributed by atoms with van der Waals surface area (Å²) in [5.74, 6) is -3.14. The van der Waals surface area contributed by atoms with Crippen molar-refractivity contribution in [3.05, 3.63) is 53.5 Å². The summed E-state index contributed by atoms with van der Waals surface area (Å²) in [4.78, 5) is 11.7. The quantitative estimate of drug-likeness (QED) is 0.842. The van der Waals surface area contributed by atoms with Crippen LogP contribution < -0.4 is 0 Å². The number of aromatic carboxylic acids is 1. The molecule has 7 nitrogen and oxygen atoms in total. The minimum atomic E-state index is -4.27. The first-order valence-electron chi connectivity index (χ1n) is 7.77. The number of carboxylic acids is 1. The van der Waals surface area contributed by atoms with Gasteiger partial charge in [0.05, 0.1) is 6.54 Å². The molecule has 0 atom stereocenters. The van der Waals surface area contributed by atoms with E-state index >= 15 is 0 Å². The maximum Gasteiger partial charge on any atom is 0.371 e. The molecule has 0 bridgehead atoms. The Morgan fingerprint density at radius 1 is 1.08 bits per heavy atom. The molecule has 0 unspecified atom stereocenters. The van der Waals surface area contributed by atoms with Gasteiger partial charge < -0.3 is 9.52 Å². The Hall–Kier alpha value is -2.30. The number of nitrogens with zero attached hydrogens (tertiary/aromatic N) is 2. The van der Waals surface area contributed by atoms with Crippen LogP contribution >= 0.6 is 0 Å². The molecule has 1 aromatic heterocycles. The van der Waals surface area contributed by atoms with E-state index in [0.29, 0.717) is 25.4 Å². The van der Waals surface area contributed by atoms with Crippen LogP contribution in [0.5, 0.6) is 0 Å². The first-order chi connectivity index (χ1) is 12.3. The number of carbonyl (C=O) groups is 1. The maximum absolute atomic E-state index is 13.8. The van der Waals surface area contributed by atoms with Crippen LogP contribution in [0.25, 0.3) is 0 Å². The van der Waals surface area contributed by atoms with E-state index in [9.17, 15) is 22.0 Å². The molecule has 0 amide bonds. The molecule has 26 heavy (non-hydrogen) atoms. The zero-order valence-electron chi connectivity index (χ0n) is 13.6.